The first-order valence-corrected chi connectivity index (χ1v) is 9.85. The van der Waals surface area contributed by atoms with Gasteiger partial charge in [0, 0.05) is 6.61 Å². The molecule has 9 unspecified atom stereocenters. The second kappa shape index (κ2) is 9.45. The molecule has 2 fully saturated rings. The summed E-state index contributed by atoms with van der Waals surface area (Å²) in [6.07, 6.45) is -4.36. The second-order valence-corrected chi connectivity index (χ2v) is 8.85. The summed E-state index contributed by atoms with van der Waals surface area (Å²) in [6.45, 7) is 5.58. The lowest BCUT2D eigenvalue weighted by molar-refractivity contribution is -0.310. The summed E-state index contributed by atoms with van der Waals surface area (Å²) >= 11 is 0. The Balaban J connectivity index is 1.92. The first-order chi connectivity index (χ1) is 12.6. The van der Waals surface area contributed by atoms with E-state index in [0.29, 0.717) is 19.3 Å². The van der Waals surface area contributed by atoms with E-state index < -0.39 is 43.4 Å². The van der Waals surface area contributed by atoms with Gasteiger partial charge < -0.3 is 40.1 Å². The molecule has 160 valence electrons. The Hall–Kier alpha value is -0.320. The topological polar surface area (TPSA) is 140 Å². The predicted octanol–water partition coefficient (Wildman–Crippen LogP) is -0.623. The van der Waals surface area contributed by atoms with Crippen molar-refractivity contribution in [1.29, 1.82) is 0 Å². The maximum absolute atomic E-state index is 10.1. The standard InChI is InChI=1S/C19H36O8/c1-10(26-18-17(25)16(24)15(23)14(9-21)27-18)4-5-13-11(8-20)6-12(22)7-19(13,2)3/h10-18,20-25H,4-9H2,1-3H3. The smallest absolute Gasteiger partial charge is 0.186 e. The third kappa shape index (κ3) is 5.39. The summed E-state index contributed by atoms with van der Waals surface area (Å²) in [5, 5.41) is 58.8. The van der Waals surface area contributed by atoms with E-state index in [-0.39, 0.29) is 30.0 Å². The fourth-order valence-corrected chi connectivity index (χ4v) is 4.71. The monoisotopic (exact) mass is 392 g/mol. The summed E-state index contributed by atoms with van der Waals surface area (Å²) in [6, 6.07) is 0. The van der Waals surface area contributed by atoms with Crippen LogP contribution in [0.5, 0.6) is 0 Å². The first kappa shape index (κ1) is 23.0. The van der Waals surface area contributed by atoms with E-state index in [0.717, 1.165) is 6.42 Å². The van der Waals surface area contributed by atoms with E-state index in [1.807, 2.05) is 6.92 Å². The van der Waals surface area contributed by atoms with Crippen LogP contribution in [-0.2, 0) is 9.47 Å². The molecule has 1 heterocycles. The summed E-state index contributed by atoms with van der Waals surface area (Å²) in [5.41, 5.74) is -0.103. The first-order valence-electron chi connectivity index (χ1n) is 9.85. The number of hydrogen-bond donors (Lipinski definition) is 6. The fraction of sp³-hybridized carbons (Fsp3) is 1.00. The van der Waals surface area contributed by atoms with Crippen LogP contribution in [0.4, 0.5) is 0 Å². The number of rotatable bonds is 7. The zero-order valence-electron chi connectivity index (χ0n) is 16.4. The molecule has 2 aliphatic rings. The van der Waals surface area contributed by atoms with Crippen molar-refractivity contribution in [3.05, 3.63) is 0 Å². The Morgan fingerprint density at radius 3 is 2.30 bits per heavy atom. The summed E-state index contributed by atoms with van der Waals surface area (Å²) in [4.78, 5) is 0. The lowest BCUT2D eigenvalue weighted by Crippen LogP contribution is -2.59. The quantitative estimate of drug-likeness (QED) is 0.337. The number of aliphatic hydroxyl groups excluding tert-OH is 6. The van der Waals surface area contributed by atoms with Crippen LogP contribution in [0.3, 0.4) is 0 Å². The van der Waals surface area contributed by atoms with Crippen LogP contribution in [0, 0.1) is 17.3 Å². The van der Waals surface area contributed by atoms with Crippen molar-refractivity contribution in [2.45, 2.75) is 89.4 Å². The highest BCUT2D eigenvalue weighted by Gasteiger charge is 2.45. The van der Waals surface area contributed by atoms with E-state index in [4.69, 9.17) is 9.47 Å². The fourth-order valence-electron chi connectivity index (χ4n) is 4.71. The molecule has 0 aromatic rings. The van der Waals surface area contributed by atoms with Gasteiger partial charge in [-0.2, -0.15) is 0 Å². The summed E-state index contributed by atoms with van der Waals surface area (Å²) in [5.74, 6) is 0.259. The summed E-state index contributed by atoms with van der Waals surface area (Å²) < 4.78 is 11.1. The molecular formula is C19H36O8. The Kier molecular flexibility index (Phi) is 8.04. The van der Waals surface area contributed by atoms with Crippen LogP contribution in [0.2, 0.25) is 0 Å². The van der Waals surface area contributed by atoms with Crippen LogP contribution in [0.25, 0.3) is 0 Å². The number of ether oxygens (including phenoxy) is 2. The Morgan fingerprint density at radius 2 is 1.70 bits per heavy atom. The van der Waals surface area contributed by atoms with Gasteiger partial charge in [0.1, 0.15) is 24.4 Å². The molecule has 0 amide bonds. The van der Waals surface area contributed by atoms with Crippen molar-refractivity contribution in [3.8, 4) is 0 Å². The molecule has 0 bridgehead atoms. The van der Waals surface area contributed by atoms with E-state index >= 15 is 0 Å². The highest BCUT2D eigenvalue weighted by Crippen LogP contribution is 2.46. The van der Waals surface area contributed by atoms with Crippen LogP contribution in [0.1, 0.15) is 46.5 Å². The molecule has 1 aliphatic heterocycles. The normalized spacial score (nSPS) is 43.4. The highest BCUT2D eigenvalue weighted by molar-refractivity contribution is 4.92. The van der Waals surface area contributed by atoms with Gasteiger partial charge in [-0.05, 0) is 49.9 Å². The number of aliphatic hydroxyl groups is 6. The van der Waals surface area contributed by atoms with Crippen LogP contribution in [0.15, 0.2) is 0 Å². The Morgan fingerprint density at radius 1 is 1.04 bits per heavy atom. The molecule has 27 heavy (non-hydrogen) atoms. The van der Waals surface area contributed by atoms with E-state index in [1.165, 1.54) is 0 Å². The van der Waals surface area contributed by atoms with Gasteiger partial charge in [-0.3, -0.25) is 0 Å². The average molecular weight is 392 g/mol. The maximum atomic E-state index is 10.1. The van der Waals surface area contributed by atoms with E-state index in [1.54, 1.807) is 0 Å². The Bertz CT molecular complexity index is 457. The summed E-state index contributed by atoms with van der Waals surface area (Å²) in [7, 11) is 0. The molecule has 0 aromatic heterocycles. The molecule has 6 N–H and O–H groups in total. The van der Waals surface area contributed by atoms with Gasteiger partial charge in [0.05, 0.1) is 18.8 Å². The SMILES string of the molecule is CC(CCC1C(CO)CC(O)CC1(C)C)OC1OC(CO)C(O)C(O)C1O. The van der Waals surface area contributed by atoms with Crippen LogP contribution < -0.4 is 0 Å². The highest BCUT2D eigenvalue weighted by atomic mass is 16.7. The lowest BCUT2D eigenvalue weighted by atomic mass is 9.61. The molecule has 1 aliphatic carbocycles. The minimum Gasteiger partial charge on any atom is -0.396 e. The van der Waals surface area contributed by atoms with Gasteiger partial charge in [0.15, 0.2) is 6.29 Å². The lowest BCUT2D eigenvalue weighted by Gasteiger charge is -2.46. The molecular weight excluding hydrogens is 356 g/mol. The molecule has 0 radical (unpaired) electrons. The van der Waals surface area contributed by atoms with Crippen molar-refractivity contribution in [2.75, 3.05) is 13.2 Å². The third-order valence-corrected chi connectivity index (χ3v) is 6.24. The number of hydrogen-bond acceptors (Lipinski definition) is 8. The molecule has 2 rings (SSSR count). The molecule has 1 saturated heterocycles. The van der Waals surface area contributed by atoms with Gasteiger partial charge in [-0.25, -0.2) is 0 Å². The molecule has 9 atom stereocenters. The molecule has 8 nitrogen and oxygen atoms in total. The zero-order chi connectivity index (χ0) is 20.4. The average Bonchev–Trinajstić information content (AvgIpc) is 2.59. The van der Waals surface area contributed by atoms with Gasteiger partial charge in [-0.15, -0.1) is 0 Å². The van der Waals surface area contributed by atoms with Crippen molar-refractivity contribution in [1.82, 2.24) is 0 Å². The Labute approximate surface area is 160 Å². The van der Waals surface area contributed by atoms with Crippen LogP contribution >= 0.6 is 0 Å². The zero-order valence-corrected chi connectivity index (χ0v) is 16.4. The minimum atomic E-state index is -1.45. The van der Waals surface area contributed by atoms with Crippen molar-refractivity contribution in [3.63, 3.8) is 0 Å². The maximum Gasteiger partial charge on any atom is 0.186 e. The third-order valence-electron chi connectivity index (χ3n) is 6.24. The second-order valence-electron chi connectivity index (χ2n) is 8.85. The predicted molar refractivity (Wildman–Crippen MR) is 96.6 cm³/mol. The molecule has 0 spiro atoms. The van der Waals surface area contributed by atoms with Gasteiger partial charge in [0.25, 0.3) is 0 Å². The molecule has 0 aromatic carbocycles. The van der Waals surface area contributed by atoms with E-state index in [2.05, 4.69) is 13.8 Å². The van der Waals surface area contributed by atoms with Crippen LogP contribution in [-0.4, -0.2) is 86.8 Å². The largest absolute Gasteiger partial charge is 0.396 e. The van der Waals surface area contributed by atoms with Gasteiger partial charge in [0.2, 0.25) is 0 Å². The van der Waals surface area contributed by atoms with Crippen molar-refractivity contribution < 1.29 is 40.1 Å². The minimum absolute atomic E-state index is 0.0307. The van der Waals surface area contributed by atoms with Crippen molar-refractivity contribution >= 4 is 0 Å². The van der Waals surface area contributed by atoms with Gasteiger partial charge in [-0.1, -0.05) is 13.8 Å². The van der Waals surface area contributed by atoms with Crippen molar-refractivity contribution in [2.24, 2.45) is 17.3 Å². The molecule has 1 saturated carbocycles. The molecule has 8 heteroatoms. The van der Waals surface area contributed by atoms with E-state index in [9.17, 15) is 30.6 Å². The van der Waals surface area contributed by atoms with Gasteiger partial charge >= 0.3 is 0 Å².